The molecule has 1 fully saturated rings. The number of hydrogen-bond acceptors (Lipinski definition) is 3. The molecule has 0 N–H and O–H groups in total. The molecule has 0 bridgehead atoms. The van der Waals surface area contributed by atoms with Crippen molar-refractivity contribution in [3.05, 3.63) is 35.9 Å². The first-order valence-corrected chi connectivity index (χ1v) is 8.85. The van der Waals surface area contributed by atoms with E-state index in [2.05, 4.69) is 18.1 Å². The number of piperidine rings is 1. The van der Waals surface area contributed by atoms with E-state index in [1.165, 1.54) is 5.56 Å². The summed E-state index contributed by atoms with van der Waals surface area (Å²) < 4.78 is 5.39. The Hall–Kier alpha value is -1.44. The molecule has 4 heteroatoms. The lowest BCUT2D eigenvalue weighted by Gasteiger charge is -2.31. The lowest BCUT2D eigenvalue weighted by Crippen LogP contribution is -2.40. The zero-order valence-corrected chi connectivity index (χ0v) is 13.7. The smallest absolute Gasteiger partial charge is 0.232 e. The van der Waals surface area contributed by atoms with Crippen LogP contribution in [0.4, 0.5) is 0 Å². The van der Waals surface area contributed by atoms with Crippen molar-refractivity contribution in [1.82, 2.24) is 4.90 Å². The van der Waals surface area contributed by atoms with Gasteiger partial charge in [-0.3, -0.25) is 4.79 Å². The number of amides is 1. The topological polar surface area (TPSA) is 29.5 Å². The fourth-order valence-corrected chi connectivity index (χ4v) is 3.44. The molecule has 0 saturated carbocycles. The van der Waals surface area contributed by atoms with E-state index in [1.807, 2.05) is 23.1 Å². The number of benzene rings is 1. The maximum absolute atomic E-state index is 12.2. The minimum absolute atomic E-state index is 0.254. The van der Waals surface area contributed by atoms with Gasteiger partial charge in [-0.2, -0.15) is 0 Å². The molecular formula is C18H23NO2S. The summed E-state index contributed by atoms with van der Waals surface area (Å²) in [4.78, 5) is 14.2. The summed E-state index contributed by atoms with van der Waals surface area (Å²) in [5.41, 5.74) is 1.27. The SMILES string of the molecule is C#CCOCC1CCN(C(=O)CSCc2ccccc2)CC1. The molecule has 2 rings (SSSR count). The van der Waals surface area contributed by atoms with Crippen LogP contribution in [0, 0.1) is 18.3 Å². The van der Waals surface area contributed by atoms with Crippen LogP contribution in [0.3, 0.4) is 0 Å². The van der Waals surface area contributed by atoms with Crippen LogP contribution in [0.5, 0.6) is 0 Å². The highest BCUT2D eigenvalue weighted by molar-refractivity contribution is 7.99. The van der Waals surface area contributed by atoms with Crippen molar-refractivity contribution in [2.24, 2.45) is 5.92 Å². The van der Waals surface area contributed by atoms with Crippen LogP contribution in [0.1, 0.15) is 18.4 Å². The summed E-state index contributed by atoms with van der Waals surface area (Å²) in [7, 11) is 0. The van der Waals surface area contributed by atoms with Gasteiger partial charge in [0.1, 0.15) is 6.61 Å². The Balaban J connectivity index is 1.62. The molecular weight excluding hydrogens is 294 g/mol. The van der Waals surface area contributed by atoms with Crippen molar-refractivity contribution >= 4 is 17.7 Å². The molecule has 22 heavy (non-hydrogen) atoms. The predicted octanol–water partition coefficient (Wildman–Crippen LogP) is 2.81. The largest absolute Gasteiger partial charge is 0.369 e. The van der Waals surface area contributed by atoms with Crippen LogP contribution in [0.2, 0.25) is 0 Å². The first-order valence-electron chi connectivity index (χ1n) is 7.70. The van der Waals surface area contributed by atoms with Crippen LogP contribution in [0.25, 0.3) is 0 Å². The highest BCUT2D eigenvalue weighted by atomic mass is 32.2. The molecule has 1 aliphatic heterocycles. The minimum atomic E-state index is 0.254. The highest BCUT2D eigenvalue weighted by Crippen LogP contribution is 2.19. The van der Waals surface area contributed by atoms with Crippen LogP contribution in [-0.2, 0) is 15.3 Å². The number of carbonyl (C=O) groups is 1. The van der Waals surface area contributed by atoms with E-state index in [-0.39, 0.29) is 5.91 Å². The van der Waals surface area contributed by atoms with Gasteiger partial charge in [0, 0.05) is 18.8 Å². The molecule has 1 aromatic rings. The Labute approximate surface area is 137 Å². The number of nitrogens with zero attached hydrogens (tertiary/aromatic N) is 1. The molecule has 3 nitrogen and oxygen atoms in total. The molecule has 0 spiro atoms. The van der Waals surface area contributed by atoms with Gasteiger partial charge in [-0.05, 0) is 24.3 Å². The molecule has 1 aliphatic rings. The number of carbonyl (C=O) groups excluding carboxylic acids is 1. The minimum Gasteiger partial charge on any atom is -0.369 e. The van der Waals surface area contributed by atoms with Gasteiger partial charge in [0.25, 0.3) is 0 Å². The number of rotatable bonds is 7. The Morgan fingerprint density at radius 1 is 1.32 bits per heavy atom. The second kappa shape index (κ2) is 9.55. The summed E-state index contributed by atoms with van der Waals surface area (Å²) in [6, 6.07) is 10.3. The van der Waals surface area contributed by atoms with E-state index < -0.39 is 0 Å². The Kier molecular flexibility index (Phi) is 7.35. The predicted molar refractivity (Wildman–Crippen MR) is 91.6 cm³/mol. The third-order valence-corrected chi connectivity index (χ3v) is 4.83. The maximum atomic E-state index is 12.2. The van der Waals surface area contributed by atoms with Gasteiger partial charge in [-0.25, -0.2) is 0 Å². The number of terminal acetylenes is 1. The van der Waals surface area contributed by atoms with Crippen molar-refractivity contribution in [1.29, 1.82) is 0 Å². The second-order valence-corrected chi connectivity index (χ2v) is 6.51. The Morgan fingerprint density at radius 2 is 2.05 bits per heavy atom. The molecule has 1 saturated heterocycles. The number of likely N-dealkylation sites (tertiary alicyclic amines) is 1. The second-order valence-electron chi connectivity index (χ2n) is 5.52. The van der Waals surface area contributed by atoms with Gasteiger partial charge < -0.3 is 9.64 Å². The third-order valence-electron chi connectivity index (χ3n) is 3.84. The average molecular weight is 317 g/mol. The fraction of sp³-hybridized carbons (Fsp3) is 0.500. The third kappa shape index (κ3) is 5.75. The summed E-state index contributed by atoms with van der Waals surface area (Å²) in [5, 5.41) is 0. The fourth-order valence-electron chi connectivity index (χ4n) is 2.56. The molecule has 0 atom stereocenters. The molecule has 0 aromatic heterocycles. The summed E-state index contributed by atoms with van der Waals surface area (Å²) in [6.07, 6.45) is 7.19. The van der Waals surface area contributed by atoms with Gasteiger partial charge >= 0.3 is 0 Å². The van der Waals surface area contributed by atoms with Gasteiger partial charge in [0.2, 0.25) is 5.91 Å². The zero-order chi connectivity index (χ0) is 15.6. The maximum Gasteiger partial charge on any atom is 0.232 e. The van der Waals surface area contributed by atoms with Crippen molar-refractivity contribution in [3.8, 4) is 12.3 Å². The van der Waals surface area contributed by atoms with Crippen molar-refractivity contribution in [3.63, 3.8) is 0 Å². The molecule has 1 amide bonds. The first kappa shape index (κ1) is 16.9. The van der Waals surface area contributed by atoms with Gasteiger partial charge in [0.15, 0.2) is 0 Å². The van der Waals surface area contributed by atoms with Crippen molar-refractivity contribution in [2.45, 2.75) is 18.6 Å². The van der Waals surface area contributed by atoms with Gasteiger partial charge in [-0.15, -0.1) is 18.2 Å². The zero-order valence-electron chi connectivity index (χ0n) is 12.9. The number of ether oxygens (including phenoxy) is 1. The van der Waals surface area contributed by atoms with E-state index in [9.17, 15) is 4.79 Å². The summed E-state index contributed by atoms with van der Waals surface area (Å²) in [5.74, 6) is 4.73. The molecule has 1 aromatic carbocycles. The van der Waals surface area contributed by atoms with E-state index in [4.69, 9.17) is 11.2 Å². The van der Waals surface area contributed by atoms with E-state index in [1.54, 1.807) is 11.8 Å². The van der Waals surface area contributed by atoms with Crippen LogP contribution in [0.15, 0.2) is 30.3 Å². The monoisotopic (exact) mass is 317 g/mol. The van der Waals surface area contributed by atoms with Crippen molar-refractivity contribution < 1.29 is 9.53 Å². The number of hydrogen-bond donors (Lipinski definition) is 0. The highest BCUT2D eigenvalue weighted by Gasteiger charge is 2.22. The molecule has 118 valence electrons. The molecule has 0 radical (unpaired) electrons. The standard InChI is InChI=1S/C18H23NO2S/c1-2-12-21-13-16-8-10-19(11-9-16)18(20)15-22-14-17-6-4-3-5-7-17/h1,3-7,16H,8-15H2. The Morgan fingerprint density at radius 3 is 2.73 bits per heavy atom. The normalized spacial score (nSPS) is 15.5. The van der Waals surface area contributed by atoms with E-state index in [0.717, 1.165) is 38.3 Å². The van der Waals surface area contributed by atoms with Crippen LogP contribution in [-0.4, -0.2) is 42.9 Å². The average Bonchev–Trinajstić information content (AvgIpc) is 2.56. The molecule has 1 heterocycles. The molecule has 0 aliphatic carbocycles. The molecule has 0 unspecified atom stereocenters. The van der Waals surface area contributed by atoms with E-state index >= 15 is 0 Å². The lowest BCUT2D eigenvalue weighted by molar-refractivity contribution is -0.130. The lowest BCUT2D eigenvalue weighted by atomic mass is 9.98. The number of thioether (sulfide) groups is 1. The Bertz CT molecular complexity index is 490. The van der Waals surface area contributed by atoms with Crippen molar-refractivity contribution in [2.75, 3.05) is 32.1 Å². The van der Waals surface area contributed by atoms with Crippen LogP contribution < -0.4 is 0 Å². The van der Waals surface area contributed by atoms with Gasteiger partial charge in [-0.1, -0.05) is 36.3 Å². The van der Waals surface area contributed by atoms with Gasteiger partial charge in [0.05, 0.1) is 12.4 Å². The van der Waals surface area contributed by atoms with E-state index in [0.29, 0.717) is 18.3 Å². The summed E-state index contributed by atoms with van der Waals surface area (Å²) >= 11 is 1.69. The first-order chi connectivity index (χ1) is 10.8. The quantitative estimate of drug-likeness (QED) is 0.572. The van der Waals surface area contributed by atoms with Crippen LogP contribution >= 0.6 is 11.8 Å². The summed E-state index contributed by atoms with van der Waals surface area (Å²) in [6.45, 7) is 2.79.